The first kappa shape index (κ1) is 17.6. The maximum atomic E-state index is 13.3. The lowest BCUT2D eigenvalue weighted by atomic mass is 9.88. The van der Waals surface area contributed by atoms with Crippen LogP contribution in [0.4, 0.5) is 0 Å². The van der Waals surface area contributed by atoms with Crippen molar-refractivity contribution in [3.63, 3.8) is 0 Å². The van der Waals surface area contributed by atoms with Crippen LogP contribution in [0.1, 0.15) is 41.1 Å². The fourth-order valence-electron chi connectivity index (χ4n) is 4.19. The molecule has 2 amide bonds. The van der Waals surface area contributed by atoms with Gasteiger partial charge in [-0.1, -0.05) is 0 Å². The zero-order valence-corrected chi connectivity index (χ0v) is 15.3. The summed E-state index contributed by atoms with van der Waals surface area (Å²) in [6, 6.07) is 7.37. The molecule has 2 fully saturated rings. The van der Waals surface area contributed by atoms with Crippen molar-refractivity contribution in [3.8, 4) is 0 Å². The van der Waals surface area contributed by atoms with Crippen molar-refractivity contribution in [3.05, 3.63) is 60.2 Å². The molecule has 0 bridgehead atoms. The van der Waals surface area contributed by atoms with Gasteiger partial charge in [-0.15, -0.1) is 0 Å². The lowest BCUT2D eigenvalue weighted by Crippen LogP contribution is -2.42. The summed E-state index contributed by atoms with van der Waals surface area (Å²) in [5.41, 5.74) is 1.69. The summed E-state index contributed by atoms with van der Waals surface area (Å²) in [4.78, 5) is 38.1. The van der Waals surface area contributed by atoms with Gasteiger partial charge in [-0.25, -0.2) is 0 Å². The Morgan fingerprint density at radius 1 is 0.815 bits per heavy atom. The average Bonchev–Trinajstić information content (AvgIpc) is 3.20. The Kier molecular flexibility index (Phi) is 5.14. The Bertz CT molecular complexity index is 790. The van der Waals surface area contributed by atoms with Gasteiger partial charge < -0.3 is 9.80 Å². The quantitative estimate of drug-likeness (QED) is 0.838. The van der Waals surface area contributed by atoms with E-state index in [1.807, 2.05) is 21.9 Å². The number of hydrogen-bond acceptors (Lipinski definition) is 4. The zero-order valence-electron chi connectivity index (χ0n) is 15.3. The van der Waals surface area contributed by atoms with E-state index in [1.54, 1.807) is 36.9 Å². The molecule has 0 radical (unpaired) electrons. The first-order valence-corrected chi connectivity index (χ1v) is 9.62. The number of carbonyl (C=O) groups is 2. The second kappa shape index (κ2) is 7.86. The first-order valence-electron chi connectivity index (χ1n) is 9.62. The molecule has 2 aliphatic rings. The summed E-state index contributed by atoms with van der Waals surface area (Å²) in [6.07, 6.45) is 10.1. The van der Waals surface area contributed by atoms with Crippen molar-refractivity contribution >= 4 is 11.8 Å². The molecule has 2 unspecified atom stereocenters. The Labute approximate surface area is 159 Å². The number of likely N-dealkylation sites (tertiary alicyclic amines) is 2. The van der Waals surface area contributed by atoms with Crippen LogP contribution in [0, 0.1) is 5.92 Å². The van der Waals surface area contributed by atoms with Gasteiger partial charge in [0.1, 0.15) is 0 Å². The van der Waals surface area contributed by atoms with Gasteiger partial charge in [0.25, 0.3) is 5.91 Å². The topological polar surface area (TPSA) is 66.4 Å². The predicted octanol–water partition coefficient (Wildman–Crippen LogP) is 2.34. The van der Waals surface area contributed by atoms with Crippen molar-refractivity contribution in [2.45, 2.75) is 25.2 Å². The Morgan fingerprint density at radius 2 is 1.44 bits per heavy atom. The van der Waals surface area contributed by atoms with Gasteiger partial charge in [-0.05, 0) is 49.1 Å². The zero-order chi connectivity index (χ0) is 18.6. The van der Waals surface area contributed by atoms with Gasteiger partial charge in [0.05, 0.1) is 5.92 Å². The number of amides is 2. The first-order chi connectivity index (χ1) is 13.2. The van der Waals surface area contributed by atoms with E-state index in [0.717, 1.165) is 31.5 Å². The molecular formula is C21H24N4O2. The van der Waals surface area contributed by atoms with Crippen LogP contribution < -0.4 is 0 Å². The van der Waals surface area contributed by atoms with E-state index >= 15 is 0 Å². The minimum Gasteiger partial charge on any atom is -0.342 e. The normalized spacial score (nSPS) is 22.7. The molecule has 2 aromatic heterocycles. The van der Waals surface area contributed by atoms with Gasteiger partial charge in [-0.2, -0.15) is 0 Å². The second-order valence-electron chi connectivity index (χ2n) is 7.33. The maximum absolute atomic E-state index is 13.3. The molecule has 4 heterocycles. The highest BCUT2D eigenvalue weighted by molar-refractivity contribution is 5.95. The van der Waals surface area contributed by atoms with Gasteiger partial charge in [0, 0.05) is 62.4 Å². The fraction of sp³-hybridized carbons (Fsp3) is 0.429. The van der Waals surface area contributed by atoms with Crippen molar-refractivity contribution in [2.24, 2.45) is 5.92 Å². The van der Waals surface area contributed by atoms with E-state index in [9.17, 15) is 9.59 Å². The summed E-state index contributed by atoms with van der Waals surface area (Å²) < 4.78 is 0. The molecule has 0 aliphatic carbocycles. The highest BCUT2D eigenvalue weighted by atomic mass is 16.2. The Hall–Kier alpha value is -2.76. The van der Waals surface area contributed by atoms with Crippen molar-refractivity contribution in [2.75, 3.05) is 26.2 Å². The molecule has 0 saturated carbocycles. The maximum Gasteiger partial charge on any atom is 0.254 e. The van der Waals surface area contributed by atoms with Crippen molar-refractivity contribution < 1.29 is 9.59 Å². The molecule has 140 valence electrons. The molecule has 4 rings (SSSR count). The monoisotopic (exact) mass is 364 g/mol. The summed E-state index contributed by atoms with van der Waals surface area (Å²) in [5.74, 6) is -0.0450. The Balaban J connectivity index is 1.59. The van der Waals surface area contributed by atoms with E-state index in [-0.39, 0.29) is 23.7 Å². The molecule has 2 atom stereocenters. The smallest absolute Gasteiger partial charge is 0.254 e. The third-order valence-electron chi connectivity index (χ3n) is 5.65. The lowest BCUT2D eigenvalue weighted by Gasteiger charge is -2.30. The molecule has 27 heavy (non-hydrogen) atoms. The van der Waals surface area contributed by atoms with Crippen molar-refractivity contribution in [1.29, 1.82) is 0 Å². The Morgan fingerprint density at radius 3 is 2.11 bits per heavy atom. The summed E-state index contributed by atoms with van der Waals surface area (Å²) in [5, 5.41) is 0. The van der Waals surface area contributed by atoms with E-state index in [4.69, 9.17) is 0 Å². The largest absolute Gasteiger partial charge is 0.342 e. The summed E-state index contributed by atoms with van der Waals surface area (Å²) in [6.45, 7) is 2.67. The van der Waals surface area contributed by atoms with Crippen LogP contribution in [0.15, 0.2) is 49.1 Å². The SMILES string of the molecule is O=C(c1ccncc1)N1CC(C(=O)N2CCCCC2)C(c2ccncc2)C1. The molecule has 2 aliphatic heterocycles. The highest BCUT2D eigenvalue weighted by Gasteiger charge is 2.42. The van der Waals surface area contributed by atoms with Crippen LogP contribution in [-0.2, 0) is 4.79 Å². The lowest BCUT2D eigenvalue weighted by molar-refractivity contribution is -0.136. The second-order valence-corrected chi connectivity index (χ2v) is 7.33. The molecule has 6 nitrogen and oxygen atoms in total. The van der Waals surface area contributed by atoms with Crippen LogP contribution in [-0.4, -0.2) is 57.8 Å². The molecule has 2 saturated heterocycles. The van der Waals surface area contributed by atoms with Crippen LogP contribution in [0.3, 0.4) is 0 Å². The number of pyridine rings is 2. The number of nitrogens with zero attached hydrogens (tertiary/aromatic N) is 4. The number of rotatable bonds is 3. The predicted molar refractivity (Wildman–Crippen MR) is 101 cm³/mol. The third kappa shape index (κ3) is 3.70. The van der Waals surface area contributed by atoms with Gasteiger partial charge in [-0.3, -0.25) is 19.6 Å². The van der Waals surface area contributed by atoms with Crippen molar-refractivity contribution in [1.82, 2.24) is 19.8 Å². The number of carbonyl (C=O) groups excluding carboxylic acids is 2. The number of piperidine rings is 1. The third-order valence-corrected chi connectivity index (χ3v) is 5.65. The van der Waals surface area contributed by atoms with E-state index < -0.39 is 0 Å². The molecular weight excluding hydrogens is 340 g/mol. The minimum absolute atomic E-state index is 0.00761. The molecule has 2 aromatic rings. The molecule has 0 spiro atoms. The highest BCUT2D eigenvalue weighted by Crippen LogP contribution is 2.35. The number of hydrogen-bond donors (Lipinski definition) is 0. The van der Waals surface area contributed by atoms with Gasteiger partial charge in [0.15, 0.2) is 0 Å². The van der Waals surface area contributed by atoms with Crippen LogP contribution in [0.5, 0.6) is 0 Å². The standard InChI is InChI=1S/C21H24N4O2/c26-20(17-6-10-23-11-7-17)25-14-18(16-4-8-22-9-5-16)19(15-25)21(27)24-12-2-1-3-13-24/h4-11,18-19H,1-3,12-15H2. The van der Waals surface area contributed by atoms with Gasteiger partial charge in [0.2, 0.25) is 5.91 Å². The summed E-state index contributed by atoms with van der Waals surface area (Å²) >= 11 is 0. The molecule has 6 heteroatoms. The van der Waals surface area contributed by atoms with Crippen LogP contribution in [0.2, 0.25) is 0 Å². The number of aromatic nitrogens is 2. The van der Waals surface area contributed by atoms with E-state index in [2.05, 4.69) is 9.97 Å². The minimum atomic E-state index is -0.198. The molecule has 0 N–H and O–H groups in total. The van der Waals surface area contributed by atoms with Crippen LogP contribution in [0.25, 0.3) is 0 Å². The van der Waals surface area contributed by atoms with Gasteiger partial charge >= 0.3 is 0 Å². The average molecular weight is 364 g/mol. The summed E-state index contributed by atoms with van der Waals surface area (Å²) in [7, 11) is 0. The van der Waals surface area contributed by atoms with Crippen LogP contribution >= 0.6 is 0 Å². The van der Waals surface area contributed by atoms with E-state index in [1.165, 1.54) is 6.42 Å². The van der Waals surface area contributed by atoms with E-state index in [0.29, 0.717) is 18.7 Å². The molecule has 0 aromatic carbocycles. The fourth-order valence-corrected chi connectivity index (χ4v) is 4.19.